The van der Waals surface area contributed by atoms with Crippen molar-refractivity contribution in [1.29, 1.82) is 0 Å². The second kappa shape index (κ2) is 5.79. The molecule has 0 bridgehead atoms. The summed E-state index contributed by atoms with van der Waals surface area (Å²) >= 11 is 0. The first-order chi connectivity index (χ1) is 9.75. The number of halogens is 3. The van der Waals surface area contributed by atoms with Gasteiger partial charge in [0.15, 0.2) is 0 Å². The van der Waals surface area contributed by atoms with Crippen molar-refractivity contribution >= 4 is 11.6 Å². The van der Waals surface area contributed by atoms with E-state index >= 15 is 0 Å². The van der Waals surface area contributed by atoms with E-state index in [1.54, 1.807) is 0 Å². The van der Waals surface area contributed by atoms with Gasteiger partial charge in [-0.2, -0.15) is 13.2 Å². The third kappa shape index (κ3) is 4.00. The van der Waals surface area contributed by atoms with E-state index < -0.39 is 11.7 Å². The number of benzene rings is 1. The van der Waals surface area contributed by atoms with Crippen LogP contribution in [-0.2, 0) is 12.7 Å². The maximum atomic E-state index is 12.5. The minimum absolute atomic E-state index is 0.451. The van der Waals surface area contributed by atoms with Gasteiger partial charge in [-0.25, -0.2) is 4.98 Å². The highest BCUT2D eigenvalue weighted by Crippen LogP contribution is 2.30. The topological polar surface area (TPSA) is 29.9 Å². The Balaban J connectivity index is 2.18. The molecule has 2 aromatic rings. The Bertz CT molecular complexity index is 598. The zero-order valence-electron chi connectivity index (χ0n) is 12.2. The Hall–Kier alpha value is -1.98. The van der Waals surface area contributed by atoms with Gasteiger partial charge in [-0.15, -0.1) is 0 Å². The van der Waals surface area contributed by atoms with Gasteiger partial charge in [0.1, 0.15) is 0 Å². The average Bonchev–Trinajstić information content (AvgIpc) is 2.68. The lowest BCUT2D eigenvalue weighted by atomic mass is 10.2. The van der Waals surface area contributed by atoms with Crippen molar-refractivity contribution < 1.29 is 13.2 Å². The Morgan fingerprint density at radius 1 is 1.19 bits per heavy atom. The van der Waals surface area contributed by atoms with E-state index in [1.807, 2.05) is 17.7 Å². The van der Waals surface area contributed by atoms with Crippen molar-refractivity contribution in [2.45, 2.75) is 33.5 Å². The SMILES string of the molecule is Cc1cn(CC(C)C)c(Nc2ccc(C(F)(F)F)cc2)n1. The number of rotatable bonds is 4. The summed E-state index contributed by atoms with van der Waals surface area (Å²) in [5, 5.41) is 3.06. The van der Waals surface area contributed by atoms with E-state index in [4.69, 9.17) is 0 Å². The van der Waals surface area contributed by atoms with Gasteiger partial charge >= 0.3 is 6.18 Å². The van der Waals surface area contributed by atoms with Gasteiger partial charge < -0.3 is 9.88 Å². The fraction of sp³-hybridized carbons (Fsp3) is 0.400. The van der Waals surface area contributed by atoms with Crippen molar-refractivity contribution in [2.75, 3.05) is 5.32 Å². The Labute approximate surface area is 121 Å². The van der Waals surface area contributed by atoms with Crippen molar-refractivity contribution in [3.8, 4) is 0 Å². The summed E-state index contributed by atoms with van der Waals surface area (Å²) in [5.74, 6) is 1.09. The predicted molar refractivity (Wildman–Crippen MR) is 76.5 cm³/mol. The molecule has 0 unspecified atom stereocenters. The minimum Gasteiger partial charge on any atom is -0.326 e. The Morgan fingerprint density at radius 3 is 2.33 bits per heavy atom. The molecule has 0 amide bonds. The third-order valence-electron chi connectivity index (χ3n) is 2.93. The van der Waals surface area contributed by atoms with E-state index in [-0.39, 0.29) is 0 Å². The van der Waals surface area contributed by atoms with Crippen LogP contribution in [0.1, 0.15) is 25.1 Å². The molecule has 1 aromatic carbocycles. The number of alkyl halides is 3. The van der Waals surface area contributed by atoms with Gasteiger partial charge in [0.25, 0.3) is 0 Å². The number of anilines is 2. The summed E-state index contributed by atoms with van der Waals surface area (Å²) < 4.78 is 39.5. The van der Waals surface area contributed by atoms with Crippen LogP contribution in [0.3, 0.4) is 0 Å². The largest absolute Gasteiger partial charge is 0.416 e. The van der Waals surface area contributed by atoms with Crippen LogP contribution in [-0.4, -0.2) is 9.55 Å². The second-order valence-electron chi connectivity index (χ2n) is 5.45. The molecule has 21 heavy (non-hydrogen) atoms. The van der Waals surface area contributed by atoms with Crippen LogP contribution in [0.4, 0.5) is 24.8 Å². The molecule has 0 aliphatic carbocycles. The first-order valence-electron chi connectivity index (χ1n) is 6.74. The number of hydrogen-bond acceptors (Lipinski definition) is 2. The van der Waals surface area contributed by atoms with Crippen molar-refractivity contribution in [1.82, 2.24) is 9.55 Å². The normalized spacial score (nSPS) is 12.0. The van der Waals surface area contributed by atoms with E-state index in [9.17, 15) is 13.2 Å². The molecule has 0 saturated carbocycles. The summed E-state index contributed by atoms with van der Waals surface area (Å²) in [4.78, 5) is 4.36. The highest BCUT2D eigenvalue weighted by Gasteiger charge is 2.29. The molecule has 6 heteroatoms. The third-order valence-corrected chi connectivity index (χ3v) is 2.93. The lowest BCUT2D eigenvalue weighted by Crippen LogP contribution is -2.08. The smallest absolute Gasteiger partial charge is 0.326 e. The number of imidazole rings is 1. The van der Waals surface area contributed by atoms with E-state index in [0.29, 0.717) is 17.6 Å². The van der Waals surface area contributed by atoms with Crippen LogP contribution in [0.15, 0.2) is 30.5 Å². The van der Waals surface area contributed by atoms with Crippen LogP contribution >= 0.6 is 0 Å². The van der Waals surface area contributed by atoms with Gasteiger partial charge in [0, 0.05) is 18.4 Å². The number of hydrogen-bond donors (Lipinski definition) is 1. The molecule has 0 radical (unpaired) electrons. The van der Waals surface area contributed by atoms with Crippen molar-refractivity contribution in [3.63, 3.8) is 0 Å². The highest BCUT2D eigenvalue weighted by atomic mass is 19.4. The number of nitrogens with one attached hydrogen (secondary N) is 1. The summed E-state index contributed by atoms with van der Waals surface area (Å²) in [5.41, 5.74) is 0.790. The maximum Gasteiger partial charge on any atom is 0.416 e. The molecule has 3 nitrogen and oxygen atoms in total. The summed E-state index contributed by atoms with van der Waals surface area (Å²) in [6, 6.07) is 4.94. The van der Waals surface area contributed by atoms with E-state index in [2.05, 4.69) is 24.1 Å². The van der Waals surface area contributed by atoms with Gasteiger partial charge in [0.2, 0.25) is 5.95 Å². The molecular formula is C15H18F3N3. The summed E-state index contributed by atoms with van der Waals surface area (Å²) in [6.07, 6.45) is -2.39. The first kappa shape index (κ1) is 15.4. The fourth-order valence-electron chi connectivity index (χ4n) is 2.05. The van der Waals surface area contributed by atoms with Crippen LogP contribution in [0, 0.1) is 12.8 Å². The van der Waals surface area contributed by atoms with Crippen LogP contribution in [0.5, 0.6) is 0 Å². The molecule has 1 heterocycles. The predicted octanol–water partition coefficient (Wildman–Crippen LogP) is 4.61. The fourth-order valence-corrected chi connectivity index (χ4v) is 2.05. The highest BCUT2D eigenvalue weighted by molar-refractivity contribution is 5.54. The lowest BCUT2D eigenvalue weighted by Gasteiger charge is -2.12. The second-order valence-corrected chi connectivity index (χ2v) is 5.45. The Morgan fingerprint density at radius 2 is 1.81 bits per heavy atom. The van der Waals surface area contributed by atoms with Crippen molar-refractivity contribution in [3.05, 3.63) is 41.7 Å². The molecule has 0 saturated heterocycles. The number of aryl methyl sites for hydroxylation is 1. The molecule has 0 aliphatic rings. The monoisotopic (exact) mass is 297 g/mol. The summed E-state index contributed by atoms with van der Waals surface area (Å²) in [6.45, 7) is 6.87. The zero-order chi connectivity index (χ0) is 15.6. The molecule has 0 atom stereocenters. The van der Waals surface area contributed by atoms with Crippen LogP contribution < -0.4 is 5.32 Å². The molecule has 2 rings (SSSR count). The zero-order valence-corrected chi connectivity index (χ0v) is 12.2. The van der Waals surface area contributed by atoms with Crippen LogP contribution in [0.25, 0.3) is 0 Å². The Kier molecular flexibility index (Phi) is 4.25. The molecule has 114 valence electrons. The quantitative estimate of drug-likeness (QED) is 0.893. The molecule has 1 N–H and O–H groups in total. The molecular weight excluding hydrogens is 279 g/mol. The van der Waals surface area contributed by atoms with Gasteiger partial charge in [0.05, 0.1) is 11.3 Å². The molecule has 1 aromatic heterocycles. The minimum atomic E-state index is -4.31. The van der Waals surface area contributed by atoms with E-state index in [0.717, 1.165) is 24.4 Å². The lowest BCUT2D eigenvalue weighted by molar-refractivity contribution is -0.137. The molecule has 0 aliphatic heterocycles. The number of aromatic nitrogens is 2. The maximum absolute atomic E-state index is 12.5. The average molecular weight is 297 g/mol. The number of nitrogens with zero attached hydrogens (tertiary/aromatic N) is 2. The molecule has 0 fully saturated rings. The van der Waals surface area contributed by atoms with Gasteiger partial charge in [-0.3, -0.25) is 0 Å². The van der Waals surface area contributed by atoms with E-state index in [1.165, 1.54) is 12.1 Å². The van der Waals surface area contributed by atoms with Crippen LogP contribution in [0.2, 0.25) is 0 Å². The molecule has 0 spiro atoms. The van der Waals surface area contributed by atoms with Gasteiger partial charge in [-0.05, 0) is 37.1 Å². The first-order valence-corrected chi connectivity index (χ1v) is 6.74. The van der Waals surface area contributed by atoms with Crippen molar-refractivity contribution in [2.24, 2.45) is 5.92 Å². The standard InChI is InChI=1S/C15H18F3N3/c1-10(2)8-21-9-11(3)19-14(21)20-13-6-4-12(5-7-13)15(16,17)18/h4-7,9-10H,8H2,1-3H3,(H,19,20). The van der Waals surface area contributed by atoms with Gasteiger partial charge in [-0.1, -0.05) is 13.8 Å². The summed E-state index contributed by atoms with van der Waals surface area (Å²) in [7, 11) is 0.